The number of carboxylic acids is 1. The van der Waals surface area contributed by atoms with Crippen molar-refractivity contribution in [1.29, 1.82) is 0 Å². The van der Waals surface area contributed by atoms with Gasteiger partial charge < -0.3 is 5.11 Å². The smallest absolute Gasteiger partial charge is 0.307 e. The normalized spacial score (nSPS) is 10.5. The Morgan fingerprint density at radius 2 is 2.21 bits per heavy atom. The number of aliphatic carboxylic acids is 1. The van der Waals surface area contributed by atoms with E-state index in [9.17, 15) is 4.79 Å². The highest BCUT2D eigenvalue weighted by molar-refractivity contribution is 7.99. The Hall–Kier alpha value is -0.960. The van der Waals surface area contributed by atoms with Gasteiger partial charge in [0, 0.05) is 10.1 Å². The second-order valence-corrected chi connectivity index (χ2v) is 5.03. The van der Waals surface area contributed by atoms with Gasteiger partial charge in [-0.15, -0.1) is 11.8 Å². The number of carbonyl (C=O) groups is 1. The molecule has 0 saturated carbocycles. The highest BCUT2D eigenvalue weighted by Crippen LogP contribution is 2.23. The number of rotatable bonds is 4. The lowest BCUT2D eigenvalue weighted by atomic mass is 10.2. The molecular formula is C11H14O2S. The molecule has 14 heavy (non-hydrogen) atoms. The summed E-state index contributed by atoms with van der Waals surface area (Å²) in [6, 6.07) is 7.70. The second-order valence-electron chi connectivity index (χ2n) is 3.38. The number of hydrogen-bond donors (Lipinski definition) is 1. The van der Waals surface area contributed by atoms with Crippen LogP contribution in [-0.2, 0) is 11.2 Å². The van der Waals surface area contributed by atoms with E-state index in [1.165, 1.54) is 0 Å². The first-order chi connectivity index (χ1) is 6.58. The van der Waals surface area contributed by atoms with Gasteiger partial charge in [-0.3, -0.25) is 4.79 Å². The Balaban J connectivity index is 2.73. The lowest BCUT2D eigenvalue weighted by molar-refractivity contribution is -0.136. The van der Waals surface area contributed by atoms with Crippen molar-refractivity contribution in [1.82, 2.24) is 0 Å². The van der Waals surface area contributed by atoms with Crippen molar-refractivity contribution >= 4 is 17.7 Å². The van der Waals surface area contributed by atoms with Gasteiger partial charge in [-0.1, -0.05) is 26.0 Å². The summed E-state index contributed by atoms with van der Waals surface area (Å²) < 4.78 is 0. The molecule has 2 nitrogen and oxygen atoms in total. The summed E-state index contributed by atoms with van der Waals surface area (Å²) in [5, 5.41) is 9.16. The fourth-order valence-corrected chi connectivity index (χ4v) is 2.10. The molecule has 0 heterocycles. The molecule has 76 valence electrons. The number of thioether (sulfide) groups is 1. The molecule has 0 saturated heterocycles. The van der Waals surface area contributed by atoms with E-state index in [2.05, 4.69) is 13.8 Å². The monoisotopic (exact) mass is 210 g/mol. The molecule has 0 aliphatic heterocycles. The first-order valence-corrected chi connectivity index (χ1v) is 5.43. The van der Waals surface area contributed by atoms with E-state index in [0.29, 0.717) is 5.25 Å². The summed E-state index contributed by atoms with van der Waals surface area (Å²) in [5.74, 6) is -0.781. The zero-order valence-electron chi connectivity index (χ0n) is 8.36. The standard InChI is InChI=1S/C11H14O2S/c1-8(2)14-10-5-3-4-9(6-10)7-11(12)13/h3-6,8H,7H2,1-2H3,(H,12,13). The molecule has 0 bridgehead atoms. The van der Waals surface area contributed by atoms with Crippen LogP contribution in [0.15, 0.2) is 29.2 Å². The van der Waals surface area contributed by atoms with Crippen molar-refractivity contribution in [2.24, 2.45) is 0 Å². The van der Waals surface area contributed by atoms with Gasteiger partial charge >= 0.3 is 5.97 Å². The van der Waals surface area contributed by atoms with Crippen LogP contribution in [0.2, 0.25) is 0 Å². The topological polar surface area (TPSA) is 37.3 Å². The summed E-state index contributed by atoms with van der Waals surface area (Å²) in [6.07, 6.45) is 0.104. The number of carboxylic acid groups (broad SMARTS) is 1. The van der Waals surface area contributed by atoms with E-state index < -0.39 is 5.97 Å². The van der Waals surface area contributed by atoms with Crippen molar-refractivity contribution < 1.29 is 9.90 Å². The van der Waals surface area contributed by atoms with Crippen LogP contribution in [0.3, 0.4) is 0 Å². The largest absolute Gasteiger partial charge is 0.481 e. The summed E-state index contributed by atoms with van der Waals surface area (Å²) in [4.78, 5) is 11.6. The SMILES string of the molecule is CC(C)Sc1cccc(CC(=O)O)c1. The summed E-state index contributed by atoms with van der Waals surface area (Å²) in [5.41, 5.74) is 0.864. The quantitative estimate of drug-likeness (QED) is 0.776. The molecule has 1 N–H and O–H groups in total. The van der Waals surface area contributed by atoms with Gasteiger partial charge in [0.25, 0.3) is 0 Å². The van der Waals surface area contributed by atoms with E-state index in [-0.39, 0.29) is 6.42 Å². The Labute approximate surface area is 88.3 Å². The molecule has 0 fully saturated rings. The lowest BCUT2D eigenvalue weighted by Crippen LogP contribution is -1.99. The minimum absolute atomic E-state index is 0.104. The van der Waals surface area contributed by atoms with Crippen molar-refractivity contribution in [2.75, 3.05) is 0 Å². The first-order valence-electron chi connectivity index (χ1n) is 4.55. The Bertz CT molecular complexity index is 321. The fraction of sp³-hybridized carbons (Fsp3) is 0.364. The van der Waals surface area contributed by atoms with E-state index in [4.69, 9.17) is 5.11 Å². The maximum Gasteiger partial charge on any atom is 0.307 e. The molecule has 0 aromatic heterocycles. The van der Waals surface area contributed by atoms with Crippen molar-refractivity contribution in [3.63, 3.8) is 0 Å². The Morgan fingerprint density at radius 3 is 2.79 bits per heavy atom. The molecule has 0 unspecified atom stereocenters. The molecule has 0 aliphatic rings. The van der Waals surface area contributed by atoms with Gasteiger partial charge in [0.1, 0.15) is 0 Å². The molecule has 0 atom stereocenters. The fourth-order valence-electron chi connectivity index (χ4n) is 1.18. The third-order valence-corrected chi connectivity index (χ3v) is 2.62. The molecule has 1 aromatic carbocycles. The van der Waals surface area contributed by atoms with Crippen LogP contribution in [0, 0.1) is 0 Å². The van der Waals surface area contributed by atoms with Gasteiger partial charge in [0.15, 0.2) is 0 Å². The molecule has 0 spiro atoms. The molecule has 0 radical (unpaired) electrons. The predicted octanol–water partition coefficient (Wildman–Crippen LogP) is 2.81. The van der Waals surface area contributed by atoms with Gasteiger partial charge in [-0.25, -0.2) is 0 Å². The molecule has 0 aliphatic carbocycles. The van der Waals surface area contributed by atoms with Crippen LogP contribution in [0.5, 0.6) is 0 Å². The van der Waals surface area contributed by atoms with Gasteiger partial charge in [-0.05, 0) is 17.7 Å². The summed E-state index contributed by atoms with van der Waals surface area (Å²) >= 11 is 1.75. The van der Waals surface area contributed by atoms with E-state index in [1.807, 2.05) is 24.3 Å². The van der Waals surface area contributed by atoms with Gasteiger partial charge in [0.05, 0.1) is 6.42 Å². The Kier molecular flexibility index (Phi) is 4.01. The van der Waals surface area contributed by atoms with Crippen molar-refractivity contribution in [3.8, 4) is 0 Å². The van der Waals surface area contributed by atoms with Crippen molar-refractivity contribution in [3.05, 3.63) is 29.8 Å². The second kappa shape index (κ2) is 5.05. The molecule has 1 aromatic rings. The predicted molar refractivity (Wildman–Crippen MR) is 58.8 cm³/mol. The molecular weight excluding hydrogens is 196 g/mol. The van der Waals surface area contributed by atoms with Crippen LogP contribution in [0.1, 0.15) is 19.4 Å². The van der Waals surface area contributed by atoms with Crippen LogP contribution in [0.25, 0.3) is 0 Å². The van der Waals surface area contributed by atoms with Crippen LogP contribution in [0.4, 0.5) is 0 Å². The van der Waals surface area contributed by atoms with Crippen molar-refractivity contribution in [2.45, 2.75) is 30.4 Å². The third-order valence-electron chi connectivity index (χ3n) is 1.63. The minimum Gasteiger partial charge on any atom is -0.481 e. The van der Waals surface area contributed by atoms with E-state index >= 15 is 0 Å². The molecule has 3 heteroatoms. The molecule has 0 amide bonds. The highest BCUT2D eigenvalue weighted by Gasteiger charge is 2.02. The summed E-state index contributed by atoms with van der Waals surface area (Å²) in [6.45, 7) is 4.24. The van der Waals surface area contributed by atoms with Crippen LogP contribution >= 0.6 is 11.8 Å². The lowest BCUT2D eigenvalue weighted by Gasteiger charge is -2.05. The van der Waals surface area contributed by atoms with Crippen LogP contribution in [-0.4, -0.2) is 16.3 Å². The minimum atomic E-state index is -0.781. The number of benzene rings is 1. The van der Waals surface area contributed by atoms with E-state index in [1.54, 1.807) is 11.8 Å². The maximum absolute atomic E-state index is 10.5. The van der Waals surface area contributed by atoms with Crippen LogP contribution < -0.4 is 0 Å². The van der Waals surface area contributed by atoms with Gasteiger partial charge in [-0.2, -0.15) is 0 Å². The third kappa shape index (κ3) is 3.83. The first kappa shape index (κ1) is 11.1. The zero-order chi connectivity index (χ0) is 10.6. The number of hydrogen-bond acceptors (Lipinski definition) is 2. The highest BCUT2D eigenvalue weighted by atomic mass is 32.2. The van der Waals surface area contributed by atoms with E-state index in [0.717, 1.165) is 10.5 Å². The zero-order valence-corrected chi connectivity index (χ0v) is 9.17. The Morgan fingerprint density at radius 1 is 1.50 bits per heavy atom. The average molecular weight is 210 g/mol. The molecule has 1 rings (SSSR count). The average Bonchev–Trinajstić information content (AvgIpc) is 2.01. The summed E-state index contributed by atoms with van der Waals surface area (Å²) in [7, 11) is 0. The van der Waals surface area contributed by atoms with Gasteiger partial charge in [0.2, 0.25) is 0 Å². The maximum atomic E-state index is 10.5.